The summed E-state index contributed by atoms with van der Waals surface area (Å²) in [6, 6.07) is 13.4. The Bertz CT molecular complexity index is 728. The van der Waals surface area contributed by atoms with E-state index in [-0.39, 0.29) is 18.1 Å². The maximum absolute atomic E-state index is 12.2. The summed E-state index contributed by atoms with van der Waals surface area (Å²) in [6.07, 6.45) is 4.03. The zero-order valence-corrected chi connectivity index (χ0v) is 16.6. The van der Waals surface area contributed by atoms with E-state index >= 15 is 0 Å². The van der Waals surface area contributed by atoms with E-state index in [9.17, 15) is 4.79 Å². The molecule has 1 atom stereocenters. The van der Waals surface area contributed by atoms with Gasteiger partial charge in [0.2, 0.25) is 0 Å². The molecule has 28 heavy (non-hydrogen) atoms. The van der Waals surface area contributed by atoms with E-state index in [0.29, 0.717) is 12.2 Å². The molecule has 0 aliphatic carbocycles. The average Bonchev–Trinajstić information content (AvgIpc) is 2.71. The molecule has 1 aromatic heterocycles. The number of nitrogens with one attached hydrogen (secondary N) is 1. The Morgan fingerprint density at radius 3 is 2.61 bits per heavy atom. The van der Waals surface area contributed by atoms with Crippen LogP contribution in [-0.2, 0) is 11.3 Å². The van der Waals surface area contributed by atoms with Crippen molar-refractivity contribution in [3.8, 4) is 5.75 Å². The molecule has 0 spiro atoms. The maximum atomic E-state index is 12.2. The normalized spacial score (nSPS) is 16.5. The van der Waals surface area contributed by atoms with E-state index in [1.165, 1.54) is 0 Å². The highest BCUT2D eigenvalue weighted by Gasteiger charge is 2.21. The molecule has 1 fully saturated rings. The predicted octanol–water partition coefficient (Wildman–Crippen LogP) is 2.89. The van der Waals surface area contributed by atoms with Crippen LogP contribution >= 0.6 is 0 Å². The largest absolute Gasteiger partial charge is 0.490 e. The molecule has 1 aliphatic heterocycles. The summed E-state index contributed by atoms with van der Waals surface area (Å²) in [5.41, 5.74) is 1.73. The van der Waals surface area contributed by atoms with E-state index in [2.05, 4.69) is 21.3 Å². The summed E-state index contributed by atoms with van der Waals surface area (Å²) < 4.78 is 11.2. The van der Waals surface area contributed by atoms with Crippen molar-refractivity contribution < 1.29 is 14.3 Å². The summed E-state index contributed by atoms with van der Waals surface area (Å²) in [7, 11) is 1.62. The van der Waals surface area contributed by atoms with Gasteiger partial charge in [0.25, 0.3) is 5.91 Å². The highest BCUT2D eigenvalue weighted by molar-refractivity contribution is 5.94. The zero-order chi connectivity index (χ0) is 19.8. The molecular formula is C22H29N3O3. The van der Waals surface area contributed by atoms with Crippen LogP contribution < -0.4 is 10.1 Å². The minimum atomic E-state index is -0.0982. The minimum Gasteiger partial charge on any atom is -0.490 e. The van der Waals surface area contributed by atoms with Crippen LogP contribution in [0.1, 0.15) is 35.8 Å². The third kappa shape index (κ3) is 6.04. The lowest BCUT2D eigenvalue weighted by Crippen LogP contribution is -2.38. The summed E-state index contributed by atoms with van der Waals surface area (Å²) in [5, 5.41) is 2.91. The quantitative estimate of drug-likeness (QED) is 0.759. The number of carbonyl (C=O) groups excluding carboxylic acids is 1. The van der Waals surface area contributed by atoms with Gasteiger partial charge in [-0.05, 0) is 56.2 Å². The summed E-state index contributed by atoms with van der Waals surface area (Å²) in [5.74, 6) is 0.712. The molecule has 0 unspecified atom stereocenters. The number of amides is 1. The molecule has 1 saturated heterocycles. The van der Waals surface area contributed by atoms with Crippen molar-refractivity contribution in [3.05, 3.63) is 59.9 Å². The van der Waals surface area contributed by atoms with Crippen LogP contribution in [0.15, 0.2) is 48.7 Å². The van der Waals surface area contributed by atoms with Gasteiger partial charge in [-0.2, -0.15) is 0 Å². The van der Waals surface area contributed by atoms with Gasteiger partial charge in [-0.25, -0.2) is 0 Å². The predicted molar refractivity (Wildman–Crippen MR) is 108 cm³/mol. The highest BCUT2D eigenvalue weighted by Crippen LogP contribution is 2.20. The second-order valence-electron chi connectivity index (χ2n) is 7.27. The van der Waals surface area contributed by atoms with E-state index < -0.39 is 0 Å². The number of likely N-dealkylation sites (tertiary alicyclic amines) is 1. The Balaban J connectivity index is 1.44. The molecular weight excluding hydrogens is 354 g/mol. The first kappa shape index (κ1) is 20.3. The standard InChI is InChI=1S/C22H29N3O3/c1-17(16-27-2)24-22(26)18-6-8-20(9-7-18)28-21-10-13-25(14-11-21)15-19-5-3-4-12-23-19/h3-9,12,17,21H,10-11,13-16H2,1-2H3,(H,24,26)/t17-/m1/s1. The molecule has 1 N–H and O–H groups in total. The number of ether oxygens (including phenoxy) is 2. The molecule has 6 nitrogen and oxygen atoms in total. The van der Waals surface area contributed by atoms with Crippen molar-refractivity contribution in [2.45, 2.75) is 38.5 Å². The second-order valence-corrected chi connectivity index (χ2v) is 7.27. The Kier molecular flexibility index (Phi) is 7.39. The minimum absolute atomic E-state index is 0.0234. The number of benzene rings is 1. The van der Waals surface area contributed by atoms with Crippen LogP contribution in [0, 0.1) is 0 Å². The number of rotatable bonds is 8. The summed E-state index contributed by atoms with van der Waals surface area (Å²) in [6.45, 7) is 5.29. The van der Waals surface area contributed by atoms with Crippen LogP contribution in [0.3, 0.4) is 0 Å². The number of hydrogen-bond acceptors (Lipinski definition) is 5. The molecule has 3 rings (SSSR count). The van der Waals surface area contributed by atoms with Crippen molar-refractivity contribution in [1.29, 1.82) is 0 Å². The maximum Gasteiger partial charge on any atom is 0.251 e. The lowest BCUT2D eigenvalue weighted by atomic mass is 10.1. The van der Waals surface area contributed by atoms with Gasteiger partial charge < -0.3 is 14.8 Å². The first-order valence-corrected chi connectivity index (χ1v) is 9.83. The van der Waals surface area contributed by atoms with E-state index in [4.69, 9.17) is 9.47 Å². The third-order valence-electron chi connectivity index (χ3n) is 4.86. The topological polar surface area (TPSA) is 63.7 Å². The molecule has 1 aromatic carbocycles. The Morgan fingerprint density at radius 2 is 1.96 bits per heavy atom. The number of aromatic nitrogens is 1. The van der Waals surface area contributed by atoms with Crippen LogP contribution in [0.4, 0.5) is 0 Å². The van der Waals surface area contributed by atoms with Crippen LogP contribution in [0.25, 0.3) is 0 Å². The molecule has 6 heteroatoms. The molecule has 0 bridgehead atoms. The fraction of sp³-hybridized carbons (Fsp3) is 0.455. The first-order chi connectivity index (χ1) is 13.6. The average molecular weight is 383 g/mol. The van der Waals surface area contributed by atoms with Crippen molar-refractivity contribution in [3.63, 3.8) is 0 Å². The van der Waals surface area contributed by atoms with Crippen LogP contribution in [0.5, 0.6) is 5.75 Å². The second kappa shape index (κ2) is 10.2. The number of pyridine rings is 1. The number of carbonyl (C=O) groups is 1. The molecule has 1 amide bonds. The molecule has 0 saturated carbocycles. The van der Waals surface area contributed by atoms with E-state index in [0.717, 1.165) is 43.9 Å². The van der Waals surface area contributed by atoms with Crippen molar-refractivity contribution in [2.75, 3.05) is 26.8 Å². The fourth-order valence-electron chi connectivity index (χ4n) is 3.38. The summed E-state index contributed by atoms with van der Waals surface area (Å²) >= 11 is 0. The van der Waals surface area contributed by atoms with Crippen LogP contribution in [0.2, 0.25) is 0 Å². The molecule has 150 valence electrons. The smallest absolute Gasteiger partial charge is 0.251 e. The monoisotopic (exact) mass is 383 g/mol. The number of nitrogens with zero attached hydrogens (tertiary/aromatic N) is 2. The van der Waals surface area contributed by atoms with Gasteiger partial charge in [-0.3, -0.25) is 14.7 Å². The number of hydrogen-bond donors (Lipinski definition) is 1. The fourth-order valence-corrected chi connectivity index (χ4v) is 3.38. The number of methoxy groups -OCH3 is 1. The Hall–Kier alpha value is -2.44. The van der Waals surface area contributed by atoms with Gasteiger partial charge in [0.05, 0.1) is 12.3 Å². The third-order valence-corrected chi connectivity index (χ3v) is 4.86. The van der Waals surface area contributed by atoms with E-state index in [1.807, 2.05) is 37.4 Å². The van der Waals surface area contributed by atoms with Gasteiger partial charge in [0.1, 0.15) is 11.9 Å². The van der Waals surface area contributed by atoms with Gasteiger partial charge in [0, 0.05) is 44.5 Å². The van der Waals surface area contributed by atoms with Gasteiger partial charge in [-0.15, -0.1) is 0 Å². The Morgan fingerprint density at radius 1 is 1.21 bits per heavy atom. The first-order valence-electron chi connectivity index (χ1n) is 9.83. The molecule has 2 heterocycles. The lowest BCUT2D eigenvalue weighted by molar-refractivity contribution is 0.0904. The van der Waals surface area contributed by atoms with Crippen molar-refractivity contribution in [2.24, 2.45) is 0 Å². The summed E-state index contributed by atoms with van der Waals surface area (Å²) in [4.78, 5) is 19.0. The molecule has 0 radical (unpaired) electrons. The Labute approximate surface area is 166 Å². The van der Waals surface area contributed by atoms with Crippen LogP contribution in [-0.4, -0.2) is 54.7 Å². The van der Waals surface area contributed by atoms with Gasteiger partial charge in [0.15, 0.2) is 0 Å². The van der Waals surface area contributed by atoms with Gasteiger partial charge in [-0.1, -0.05) is 6.07 Å². The van der Waals surface area contributed by atoms with E-state index in [1.54, 1.807) is 19.2 Å². The molecule has 2 aromatic rings. The lowest BCUT2D eigenvalue weighted by Gasteiger charge is -2.31. The molecule has 1 aliphatic rings. The zero-order valence-electron chi connectivity index (χ0n) is 16.6. The SMILES string of the molecule is COC[C@@H](C)NC(=O)c1ccc(OC2CCN(Cc3ccccn3)CC2)cc1. The highest BCUT2D eigenvalue weighted by atomic mass is 16.5. The van der Waals surface area contributed by atoms with Gasteiger partial charge >= 0.3 is 0 Å². The number of piperidine rings is 1. The van der Waals surface area contributed by atoms with Crippen molar-refractivity contribution in [1.82, 2.24) is 15.2 Å². The van der Waals surface area contributed by atoms with Crippen molar-refractivity contribution >= 4 is 5.91 Å².